The summed E-state index contributed by atoms with van der Waals surface area (Å²) in [5, 5.41) is 4.10. The summed E-state index contributed by atoms with van der Waals surface area (Å²) in [6.07, 6.45) is 3.06. The number of carbonyl (C=O) groups is 1. The van der Waals surface area contributed by atoms with Gasteiger partial charge in [-0.1, -0.05) is 12.1 Å². The number of piperazine rings is 1. The fourth-order valence-electron chi connectivity index (χ4n) is 4.10. The van der Waals surface area contributed by atoms with Crippen molar-refractivity contribution in [2.75, 3.05) is 33.3 Å². The molecule has 0 saturated carbocycles. The number of benzene rings is 1. The first kappa shape index (κ1) is 21.0. The molecule has 11 heteroatoms. The van der Waals surface area contributed by atoms with Gasteiger partial charge >= 0.3 is 5.69 Å². The first-order valence-electron chi connectivity index (χ1n) is 10.7. The predicted molar refractivity (Wildman–Crippen MR) is 120 cm³/mol. The van der Waals surface area contributed by atoms with Crippen LogP contribution in [-0.2, 0) is 17.9 Å². The van der Waals surface area contributed by atoms with Gasteiger partial charge < -0.3 is 9.64 Å². The molecule has 1 fully saturated rings. The molecule has 1 saturated heterocycles. The van der Waals surface area contributed by atoms with Crippen LogP contribution in [0, 0.1) is 0 Å². The molecule has 0 unspecified atom stereocenters. The highest BCUT2D eigenvalue weighted by Crippen LogP contribution is 2.17. The Labute approximate surface area is 189 Å². The van der Waals surface area contributed by atoms with Crippen molar-refractivity contribution in [2.45, 2.75) is 20.0 Å². The number of rotatable bonds is 5. The maximum Gasteiger partial charge on any atom is 0.352 e. The van der Waals surface area contributed by atoms with Crippen LogP contribution in [0.5, 0.6) is 5.75 Å². The third kappa shape index (κ3) is 4.02. The highest BCUT2D eigenvalue weighted by Gasteiger charge is 2.20. The molecule has 0 spiro atoms. The highest BCUT2D eigenvalue weighted by atomic mass is 16.5. The molecule has 4 aromatic rings. The zero-order valence-electron chi connectivity index (χ0n) is 18.5. The predicted octanol–water partition coefficient (Wildman–Crippen LogP) is 0.555. The van der Waals surface area contributed by atoms with Crippen molar-refractivity contribution in [3.63, 3.8) is 0 Å². The van der Waals surface area contributed by atoms with Gasteiger partial charge in [0.05, 0.1) is 25.5 Å². The number of nitrogens with zero attached hydrogens (tertiary/aromatic N) is 8. The third-order valence-corrected chi connectivity index (χ3v) is 5.93. The Bertz CT molecular complexity index is 1370. The highest BCUT2D eigenvalue weighted by molar-refractivity contribution is 5.84. The van der Waals surface area contributed by atoms with Gasteiger partial charge in [0, 0.05) is 39.6 Å². The van der Waals surface area contributed by atoms with Gasteiger partial charge in [0.15, 0.2) is 16.8 Å². The van der Waals surface area contributed by atoms with Gasteiger partial charge in [-0.3, -0.25) is 14.3 Å². The first-order valence-corrected chi connectivity index (χ1v) is 10.7. The van der Waals surface area contributed by atoms with E-state index >= 15 is 0 Å². The maximum atomic E-state index is 13.1. The van der Waals surface area contributed by atoms with Crippen LogP contribution in [0.2, 0.25) is 0 Å². The van der Waals surface area contributed by atoms with Crippen LogP contribution in [0.15, 0.2) is 41.6 Å². The minimum Gasteiger partial charge on any atom is -0.497 e. The molecule has 0 radical (unpaired) electrons. The molecule has 0 bridgehead atoms. The fraction of sp³-hybridized carbons (Fsp3) is 0.364. The molecule has 0 atom stereocenters. The molecular formula is C22H24N8O3. The third-order valence-electron chi connectivity index (χ3n) is 5.93. The van der Waals surface area contributed by atoms with E-state index in [4.69, 9.17) is 9.72 Å². The molecule has 1 aromatic carbocycles. The number of ether oxygens (including phenoxy) is 1. The number of hydrogen-bond donors (Lipinski definition) is 0. The van der Waals surface area contributed by atoms with Crippen molar-refractivity contribution in [1.29, 1.82) is 0 Å². The van der Waals surface area contributed by atoms with Crippen LogP contribution in [0.4, 0.5) is 0 Å². The summed E-state index contributed by atoms with van der Waals surface area (Å²) in [6.45, 7) is 5.47. The van der Waals surface area contributed by atoms with Gasteiger partial charge in [0.2, 0.25) is 5.91 Å². The van der Waals surface area contributed by atoms with Crippen molar-refractivity contribution in [3.05, 3.63) is 58.5 Å². The summed E-state index contributed by atoms with van der Waals surface area (Å²) in [5.74, 6) is 0.848. The minimum absolute atomic E-state index is 0.101. The van der Waals surface area contributed by atoms with E-state index in [2.05, 4.69) is 20.0 Å². The summed E-state index contributed by atoms with van der Waals surface area (Å²) < 4.78 is 8.03. The molecule has 0 aliphatic carbocycles. The molecule has 3 aromatic heterocycles. The minimum atomic E-state index is -0.326. The fourth-order valence-corrected chi connectivity index (χ4v) is 4.10. The standard InChI is InChI=1S/C22H24N8O3/c1-15(31)28-9-7-27(8-10-28)13-17-11-23-20-19(26-17)21-24-14-25-30(21)22(32)29(20)12-16-3-5-18(33-2)6-4-16/h3-6,11,14H,7-10,12-13H2,1-2H3. The molecular weight excluding hydrogens is 424 g/mol. The molecule has 1 aliphatic heterocycles. The van der Waals surface area contributed by atoms with E-state index in [-0.39, 0.29) is 11.6 Å². The number of aromatic nitrogens is 6. The summed E-state index contributed by atoms with van der Waals surface area (Å²) in [4.78, 5) is 42.4. The lowest BCUT2D eigenvalue weighted by molar-refractivity contribution is -0.130. The number of carbonyl (C=O) groups excluding carboxylic acids is 1. The van der Waals surface area contributed by atoms with E-state index in [1.807, 2.05) is 29.2 Å². The molecule has 1 aliphatic rings. The van der Waals surface area contributed by atoms with Crippen molar-refractivity contribution < 1.29 is 9.53 Å². The van der Waals surface area contributed by atoms with E-state index < -0.39 is 0 Å². The second-order valence-corrected chi connectivity index (χ2v) is 8.03. The Morgan fingerprint density at radius 1 is 1.03 bits per heavy atom. The Balaban J connectivity index is 1.49. The van der Waals surface area contributed by atoms with Gasteiger partial charge in [-0.2, -0.15) is 9.61 Å². The van der Waals surface area contributed by atoms with Crippen molar-refractivity contribution in [2.24, 2.45) is 0 Å². The van der Waals surface area contributed by atoms with Crippen LogP contribution in [-0.4, -0.2) is 78.1 Å². The van der Waals surface area contributed by atoms with Crippen LogP contribution in [0.3, 0.4) is 0 Å². The summed E-state index contributed by atoms with van der Waals surface area (Å²) in [5.41, 5.74) is 2.75. The monoisotopic (exact) mass is 448 g/mol. The van der Waals surface area contributed by atoms with E-state index in [9.17, 15) is 9.59 Å². The van der Waals surface area contributed by atoms with Gasteiger partial charge in [0.25, 0.3) is 0 Å². The number of fused-ring (bicyclic) bond motifs is 3. The summed E-state index contributed by atoms with van der Waals surface area (Å²) in [7, 11) is 1.61. The molecule has 1 amide bonds. The molecule has 33 heavy (non-hydrogen) atoms. The SMILES string of the molecule is COc1ccc(Cn2c(=O)n3ncnc3c3nc(CN4CCN(C(C)=O)CC4)cnc32)cc1. The summed E-state index contributed by atoms with van der Waals surface area (Å²) in [6, 6.07) is 7.52. The van der Waals surface area contributed by atoms with Crippen LogP contribution >= 0.6 is 0 Å². The normalized spacial score (nSPS) is 14.8. The first-order chi connectivity index (χ1) is 16.0. The maximum absolute atomic E-state index is 13.1. The van der Waals surface area contributed by atoms with E-state index in [0.717, 1.165) is 30.1 Å². The topological polar surface area (TPSA) is 111 Å². The van der Waals surface area contributed by atoms with Gasteiger partial charge in [0.1, 0.15) is 12.1 Å². The zero-order chi connectivity index (χ0) is 22.9. The van der Waals surface area contributed by atoms with Crippen molar-refractivity contribution >= 4 is 22.7 Å². The van der Waals surface area contributed by atoms with Crippen LogP contribution in [0.25, 0.3) is 16.8 Å². The number of amides is 1. The lowest BCUT2D eigenvalue weighted by Crippen LogP contribution is -2.47. The Morgan fingerprint density at radius 2 is 1.79 bits per heavy atom. The molecule has 5 rings (SSSR count). The number of hydrogen-bond acceptors (Lipinski definition) is 8. The van der Waals surface area contributed by atoms with Crippen LogP contribution < -0.4 is 10.4 Å². The van der Waals surface area contributed by atoms with E-state index in [0.29, 0.717) is 43.0 Å². The molecule has 11 nitrogen and oxygen atoms in total. The molecule has 170 valence electrons. The van der Waals surface area contributed by atoms with Gasteiger partial charge in [-0.25, -0.2) is 19.7 Å². The zero-order valence-corrected chi connectivity index (χ0v) is 18.5. The second kappa shape index (κ2) is 8.58. The lowest BCUT2D eigenvalue weighted by Gasteiger charge is -2.33. The van der Waals surface area contributed by atoms with Gasteiger partial charge in [-0.15, -0.1) is 0 Å². The van der Waals surface area contributed by atoms with E-state index in [1.165, 1.54) is 10.8 Å². The molecule has 0 N–H and O–H groups in total. The van der Waals surface area contributed by atoms with Crippen molar-refractivity contribution in [1.82, 2.24) is 38.9 Å². The number of methoxy groups -OCH3 is 1. The Morgan fingerprint density at radius 3 is 2.48 bits per heavy atom. The van der Waals surface area contributed by atoms with Crippen molar-refractivity contribution in [3.8, 4) is 5.75 Å². The summed E-state index contributed by atoms with van der Waals surface area (Å²) >= 11 is 0. The van der Waals surface area contributed by atoms with Gasteiger partial charge in [-0.05, 0) is 17.7 Å². The average molecular weight is 448 g/mol. The largest absolute Gasteiger partial charge is 0.497 e. The quantitative estimate of drug-likeness (QED) is 0.435. The second-order valence-electron chi connectivity index (χ2n) is 8.03. The lowest BCUT2D eigenvalue weighted by atomic mass is 10.2. The van der Waals surface area contributed by atoms with E-state index in [1.54, 1.807) is 24.8 Å². The Hall–Kier alpha value is -3.86. The molecule has 4 heterocycles. The smallest absolute Gasteiger partial charge is 0.352 e. The Kier molecular flexibility index (Phi) is 5.47. The van der Waals surface area contributed by atoms with Crippen LogP contribution in [0.1, 0.15) is 18.2 Å². The average Bonchev–Trinajstić information content (AvgIpc) is 3.33.